The smallest absolute Gasteiger partial charge is 0.167 e. The zero-order valence-electron chi connectivity index (χ0n) is 9.61. The van der Waals surface area contributed by atoms with Gasteiger partial charge in [-0.1, -0.05) is 0 Å². The Morgan fingerprint density at radius 1 is 1.47 bits per heavy atom. The van der Waals surface area contributed by atoms with Crippen LogP contribution in [-0.2, 0) is 0 Å². The maximum absolute atomic E-state index is 13.5. The van der Waals surface area contributed by atoms with Gasteiger partial charge in [0.05, 0.1) is 18.7 Å². The molecular formula is C12H13FN2OS. The van der Waals surface area contributed by atoms with Gasteiger partial charge in [-0.2, -0.15) is 0 Å². The Hall–Kier alpha value is -1.62. The minimum absolute atomic E-state index is 0.107. The van der Waals surface area contributed by atoms with Gasteiger partial charge in [0.15, 0.2) is 11.6 Å². The quantitative estimate of drug-likeness (QED) is 0.904. The van der Waals surface area contributed by atoms with Gasteiger partial charge in [-0.15, -0.1) is 11.3 Å². The summed E-state index contributed by atoms with van der Waals surface area (Å²) in [7, 11) is 1.45. The van der Waals surface area contributed by atoms with E-state index in [-0.39, 0.29) is 17.6 Å². The minimum Gasteiger partial charge on any atom is -0.494 e. The molecule has 1 unspecified atom stereocenters. The lowest BCUT2D eigenvalue weighted by atomic mass is 10.2. The maximum atomic E-state index is 13.5. The van der Waals surface area contributed by atoms with Gasteiger partial charge in [-0.3, -0.25) is 4.98 Å². The molecule has 0 fully saturated rings. The summed E-state index contributed by atoms with van der Waals surface area (Å²) in [5.41, 5.74) is 2.51. The van der Waals surface area contributed by atoms with Crippen molar-refractivity contribution in [3.05, 3.63) is 40.6 Å². The van der Waals surface area contributed by atoms with E-state index in [4.69, 9.17) is 4.74 Å². The molecule has 17 heavy (non-hydrogen) atoms. The number of aromatic nitrogens is 1. The third-order valence-electron chi connectivity index (χ3n) is 2.41. The van der Waals surface area contributed by atoms with E-state index in [0.717, 1.165) is 10.6 Å². The summed E-state index contributed by atoms with van der Waals surface area (Å²) in [5, 5.41) is 3.21. The summed E-state index contributed by atoms with van der Waals surface area (Å²) in [6.45, 7) is 2.01. The number of rotatable bonds is 4. The number of anilines is 1. The first-order valence-corrected chi connectivity index (χ1v) is 6.07. The van der Waals surface area contributed by atoms with Crippen molar-refractivity contribution in [1.29, 1.82) is 0 Å². The van der Waals surface area contributed by atoms with E-state index in [0.29, 0.717) is 0 Å². The van der Waals surface area contributed by atoms with Crippen LogP contribution in [0.2, 0.25) is 0 Å². The van der Waals surface area contributed by atoms with Crippen molar-refractivity contribution in [2.75, 3.05) is 12.4 Å². The number of methoxy groups -OCH3 is 1. The van der Waals surface area contributed by atoms with E-state index >= 15 is 0 Å². The molecule has 0 aliphatic heterocycles. The first kappa shape index (κ1) is 11.9. The fourth-order valence-electron chi connectivity index (χ4n) is 1.52. The molecule has 0 amide bonds. The van der Waals surface area contributed by atoms with Gasteiger partial charge in [-0.05, 0) is 19.1 Å². The molecule has 0 aliphatic carbocycles. The summed E-state index contributed by atoms with van der Waals surface area (Å²) in [6, 6.07) is 4.93. The van der Waals surface area contributed by atoms with E-state index in [1.807, 2.05) is 13.1 Å². The average Bonchev–Trinajstić information content (AvgIpc) is 2.82. The molecule has 2 aromatic rings. The Kier molecular flexibility index (Phi) is 3.58. The molecule has 1 heterocycles. The predicted octanol–water partition coefficient (Wildman–Crippen LogP) is 3.46. The molecule has 3 nitrogen and oxygen atoms in total. The fourth-order valence-corrected chi connectivity index (χ4v) is 2.14. The first-order chi connectivity index (χ1) is 8.20. The molecule has 1 aromatic carbocycles. The Morgan fingerprint density at radius 3 is 2.88 bits per heavy atom. The molecule has 0 radical (unpaired) electrons. The van der Waals surface area contributed by atoms with Crippen LogP contribution >= 0.6 is 11.3 Å². The molecular weight excluding hydrogens is 239 g/mol. The zero-order chi connectivity index (χ0) is 12.3. The van der Waals surface area contributed by atoms with Crippen LogP contribution in [0.3, 0.4) is 0 Å². The van der Waals surface area contributed by atoms with Crippen molar-refractivity contribution >= 4 is 17.0 Å². The van der Waals surface area contributed by atoms with Crippen molar-refractivity contribution in [3.8, 4) is 5.75 Å². The SMILES string of the molecule is COc1ccc(NC(C)c2cncs2)cc1F. The highest BCUT2D eigenvalue weighted by Crippen LogP contribution is 2.25. The molecule has 0 aliphatic rings. The van der Waals surface area contributed by atoms with Crippen LogP contribution in [0.15, 0.2) is 29.9 Å². The Balaban J connectivity index is 2.11. The molecule has 1 aromatic heterocycles. The van der Waals surface area contributed by atoms with E-state index in [9.17, 15) is 4.39 Å². The summed E-state index contributed by atoms with van der Waals surface area (Å²) < 4.78 is 18.3. The van der Waals surface area contributed by atoms with Crippen LogP contribution in [0.5, 0.6) is 5.75 Å². The molecule has 2 rings (SSSR count). The molecule has 1 N–H and O–H groups in total. The van der Waals surface area contributed by atoms with Crippen LogP contribution in [0, 0.1) is 5.82 Å². The largest absolute Gasteiger partial charge is 0.494 e. The lowest BCUT2D eigenvalue weighted by Crippen LogP contribution is -2.05. The topological polar surface area (TPSA) is 34.1 Å². The number of halogens is 1. The van der Waals surface area contributed by atoms with Gasteiger partial charge in [0.2, 0.25) is 0 Å². The summed E-state index contributed by atoms with van der Waals surface area (Å²) >= 11 is 1.57. The van der Waals surface area contributed by atoms with E-state index < -0.39 is 0 Å². The molecule has 0 saturated carbocycles. The van der Waals surface area contributed by atoms with Crippen LogP contribution < -0.4 is 10.1 Å². The average molecular weight is 252 g/mol. The third-order valence-corrected chi connectivity index (χ3v) is 3.37. The minimum atomic E-state index is -0.367. The van der Waals surface area contributed by atoms with Crippen molar-refractivity contribution in [3.63, 3.8) is 0 Å². The van der Waals surface area contributed by atoms with Crippen molar-refractivity contribution in [1.82, 2.24) is 4.98 Å². The van der Waals surface area contributed by atoms with Crippen LogP contribution in [0.4, 0.5) is 10.1 Å². The van der Waals surface area contributed by atoms with Crippen LogP contribution in [0.25, 0.3) is 0 Å². The molecule has 0 saturated heterocycles. The van der Waals surface area contributed by atoms with Crippen LogP contribution in [0.1, 0.15) is 17.8 Å². The highest BCUT2D eigenvalue weighted by Gasteiger charge is 2.08. The molecule has 0 bridgehead atoms. The number of ether oxygens (including phenoxy) is 1. The lowest BCUT2D eigenvalue weighted by Gasteiger charge is -2.13. The molecule has 1 atom stereocenters. The zero-order valence-corrected chi connectivity index (χ0v) is 10.4. The number of hydrogen-bond acceptors (Lipinski definition) is 4. The van der Waals surface area contributed by atoms with Crippen molar-refractivity contribution in [2.24, 2.45) is 0 Å². The maximum Gasteiger partial charge on any atom is 0.167 e. The summed E-state index contributed by atoms with van der Waals surface area (Å²) in [4.78, 5) is 5.13. The second kappa shape index (κ2) is 5.14. The number of nitrogens with one attached hydrogen (secondary N) is 1. The van der Waals surface area contributed by atoms with Gasteiger partial charge >= 0.3 is 0 Å². The van der Waals surface area contributed by atoms with Gasteiger partial charge in [0.1, 0.15) is 0 Å². The second-order valence-corrected chi connectivity index (χ2v) is 4.54. The highest BCUT2D eigenvalue weighted by molar-refractivity contribution is 7.09. The number of benzene rings is 1. The Labute approximate surface area is 103 Å². The molecule has 0 spiro atoms. The van der Waals surface area contributed by atoms with E-state index in [1.165, 1.54) is 13.2 Å². The summed E-state index contributed by atoms with van der Waals surface area (Å²) in [5.74, 6) is -0.116. The van der Waals surface area contributed by atoms with Gasteiger partial charge in [0, 0.05) is 22.8 Å². The standard InChI is InChI=1S/C12H13FN2OS/c1-8(12-6-14-7-17-12)15-9-3-4-11(16-2)10(13)5-9/h3-8,15H,1-2H3. The fraction of sp³-hybridized carbons (Fsp3) is 0.250. The normalized spacial score (nSPS) is 12.2. The summed E-state index contributed by atoms with van der Waals surface area (Å²) in [6.07, 6.45) is 1.81. The van der Waals surface area contributed by atoms with E-state index in [1.54, 1.807) is 29.0 Å². The van der Waals surface area contributed by atoms with Gasteiger partial charge < -0.3 is 10.1 Å². The molecule has 90 valence electrons. The molecule has 5 heteroatoms. The third kappa shape index (κ3) is 2.74. The van der Waals surface area contributed by atoms with Crippen molar-refractivity contribution in [2.45, 2.75) is 13.0 Å². The first-order valence-electron chi connectivity index (χ1n) is 5.19. The van der Waals surface area contributed by atoms with Crippen LogP contribution in [-0.4, -0.2) is 12.1 Å². The van der Waals surface area contributed by atoms with E-state index in [2.05, 4.69) is 10.3 Å². The highest BCUT2D eigenvalue weighted by atomic mass is 32.1. The second-order valence-electron chi connectivity index (χ2n) is 3.62. The van der Waals surface area contributed by atoms with Crippen molar-refractivity contribution < 1.29 is 9.13 Å². The predicted molar refractivity (Wildman–Crippen MR) is 67.1 cm³/mol. The number of hydrogen-bond donors (Lipinski definition) is 1. The lowest BCUT2D eigenvalue weighted by molar-refractivity contribution is 0.386. The van der Waals surface area contributed by atoms with Gasteiger partial charge in [-0.25, -0.2) is 4.39 Å². The Morgan fingerprint density at radius 2 is 2.29 bits per heavy atom. The van der Waals surface area contributed by atoms with Gasteiger partial charge in [0.25, 0.3) is 0 Å². The monoisotopic (exact) mass is 252 g/mol. The number of nitrogens with zero attached hydrogens (tertiary/aromatic N) is 1. The number of thiazole rings is 1. The Bertz CT molecular complexity index is 487.